The number of unbranched alkanes of at least 4 members (excludes halogenated alkanes) is 3. The Morgan fingerprint density at radius 2 is 1.84 bits per heavy atom. The highest BCUT2D eigenvalue weighted by molar-refractivity contribution is 5.83. The van der Waals surface area contributed by atoms with Crippen LogP contribution < -0.4 is 0 Å². The highest BCUT2D eigenvalue weighted by Crippen LogP contribution is 2.43. The van der Waals surface area contributed by atoms with Gasteiger partial charge in [-0.25, -0.2) is 4.79 Å². The van der Waals surface area contributed by atoms with Crippen LogP contribution in [-0.4, -0.2) is 25.4 Å². The van der Waals surface area contributed by atoms with E-state index in [1.807, 2.05) is 6.08 Å². The highest BCUT2D eigenvalue weighted by Gasteiger charge is 2.64. The zero-order chi connectivity index (χ0) is 18.9. The lowest BCUT2D eigenvalue weighted by Gasteiger charge is -2.33. The topological polar surface area (TPSA) is 35.5 Å². The van der Waals surface area contributed by atoms with E-state index >= 15 is 0 Å². The standard InChI is InChI=1S/C19H25F3O3/c1-4-5-6-7-9-12-15(2)25-17(23)18(24-3,19(20,21)22)16-13-10-8-11-14-16/h8-15H,4-7H2,1-3H3/b12-9+/t15-,18?/m1/s1. The Morgan fingerprint density at radius 3 is 2.36 bits per heavy atom. The number of hydrogen-bond donors (Lipinski definition) is 0. The molecular weight excluding hydrogens is 333 g/mol. The number of benzene rings is 1. The molecule has 2 atom stereocenters. The van der Waals surface area contributed by atoms with E-state index in [0.29, 0.717) is 0 Å². The van der Waals surface area contributed by atoms with Crippen molar-refractivity contribution in [3.05, 3.63) is 48.0 Å². The predicted molar refractivity (Wildman–Crippen MR) is 90.0 cm³/mol. The van der Waals surface area contributed by atoms with Crippen LogP contribution in [0, 0.1) is 0 Å². The van der Waals surface area contributed by atoms with Crippen molar-refractivity contribution in [3.8, 4) is 0 Å². The van der Waals surface area contributed by atoms with Gasteiger partial charge in [-0.1, -0.05) is 56.2 Å². The molecular formula is C19H25F3O3. The first-order chi connectivity index (χ1) is 11.8. The molecule has 0 radical (unpaired) electrons. The van der Waals surface area contributed by atoms with Crippen LogP contribution in [0.3, 0.4) is 0 Å². The van der Waals surface area contributed by atoms with Crippen molar-refractivity contribution in [1.29, 1.82) is 0 Å². The van der Waals surface area contributed by atoms with E-state index in [-0.39, 0.29) is 5.56 Å². The first kappa shape index (κ1) is 21.2. The number of methoxy groups -OCH3 is 1. The maximum Gasteiger partial charge on any atom is 0.432 e. The van der Waals surface area contributed by atoms with Crippen molar-refractivity contribution >= 4 is 5.97 Å². The SMILES string of the molecule is CCCCC/C=C/[C@@H](C)OC(=O)C(OC)(c1ccccc1)C(F)(F)F. The highest BCUT2D eigenvalue weighted by atomic mass is 19.4. The summed E-state index contributed by atoms with van der Waals surface area (Å²) in [5, 5.41) is 0. The first-order valence-electron chi connectivity index (χ1n) is 8.34. The van der Waals surface area contributed by atoms with E-state index in [2.05, 4.69) is 11.7 Å². The fourth-order valence-electron chi connectivity index (χ4n) is 2.48. The molecule has 1 aromatic carbocycles. The van der Waals surface area contributed by atoms with Crippen molar-refractivity contribution in [2.24, 2.45) is 0 Å². The summed E-state index contributed by atoms with van der Waals surface area (Å²) in [4.78, 5) is 12.4. The summed E-state index contributed by atoms with van der Waals surface area (Å²) in [6.07, 6.45) is 1.61. The maximum absolute atomic E-state index is 13.7. The predicted octanol–water partition coefficient (Wildman–Crippen LogP) is 5.16. The van der Waals surface area contributed by atoms with Crippen LogP contribution in [0.1, 0.15) is 45.1 Å². The molecule has 25 heavy (non-hydrogen) atoms. The summed E-state index contributed by atoms with van der Waals surface area (Å²) in [7, 11) is 0.854. The van der Waals surface area contributed by atoms with E-state index in [0.717, 1.165) is 32.8 Å². The average Bonchev–Trinajstić information content (AvgIpc) is 2.55. The van der Waals surface area contributed by atoms with Gasteiger partial charge in [0.1, 0.15) is 6.10 Å². The van der Waals surface area contributed by atoms with E-state index in [1.54, 1.807) is 12.1 Å². The van der Waals surface area contributed by atoms with E-state index in [9.17, 15) is 18.0 Å². The molecule has 0 aliphatic rings. The quantitative estimate of drug-likeness (QED) is 0.347. The summed E-state index contributed by atoms with van der Waals surface area (Å²) in [5.41, 5.74) is -3.45. The number of ether oxygens (including phenoxy) is 2. The molecule has 0 aliphatic heterocycles. The minimum Gasteiger partial charge on any atom is -0.456 e. The fourth-order valence-corrected chi connectivity index (χ4v) is 2.48. The number of hydrogen-bond acceptors (Lipinski definition) is 3. The average molecular weight is 358 g/mol. The zero-order valence-electron chi connectivity index (χ0n) is 14.8. The van der Waals surface area contributed by atoms with E-state index in [1.165, 1.54) is 31.2 Å². The van der Waals surface area contributed by atoms with Crippen molar-refractivity contribution in [2.45, 2.75) is 57.4 Å². The molecule has 0 N–H and O–H groups in total. The number of carbonyl (C=O) groups excluding carboxylic acids is 1. The molecule has 0 amide bonds. The van der Waals surface area contributed by atoms with Crippen LogP contribution in [-0.2, 0) is 19.9 Å². The number of allylic oxidation sites excluding steroid dienone is 1. The number of halogens is 3. The van der Waals surface area contributed by atoms with Crippen LogP contribution in [0.4, 0.5) is 13.2 Å². The lowest BCUT2D eigenvalue weighted by atomic mass is 9.92. The largest absolute Gasteiger partial charge is 0.456 e. The van der Waals surface area contributed by atoms with Crippen LogP contribution in [0.25, 0.3) is 0 Å². The third-order valence-corrected chi connectivity index (χ3v) is 3.85. The van der Waals surface area contributed by atoms with E-state index in [4.69, 9.17) is 4.74 Å². The molecule has 0 heterocycles. The summed E-state index contributed by atoms with van der Waals surface area (Å²) in [5.74, 6) is -1.47. The Kier molecular flexibility index (Phi) is 8.16. The molecule has 6 heteroatoms. The third kappa shape index (κ3) is 5.33. The molecule has 0 fully saturated rings. The summed E-state index contributed by atoms with van der Waals surface area (Å²) in [6, 6.07) is 6.79. The smallest absolute Gasteiger partial charge is 0.432 e. The minimum atomic E-state index is -4.95. The van der Waals surface area contributed by atoms with Gasteiger partial charge in [-0.3, -0.25) is 0 Å². The molecule has 3 nitrogen and oxygen atoms in total. The second kappa shape index (κ2) is 9.61. The van der Waals surface area contributed by atoms with Crippen molar-refractivity contribution in [1.82, 2.24) is 0 Å². The number of alkyl halides is 3. The minimum absolute atomic E-state index is 0.311. The van der Waals surface area contributed by atoms with Gasteiger partial charge in [-0.05, 0) is 25.8 Å². The third-order valence-electron chi connectivity index (χ3n) is 3.85. The summed E-state index contributed by atoms with van der Waals surface area (Å²) in [6.45, 7) is 3.61. The normalized spacial score (nSPS) is 15.8. The Morgan fingerprint density at radius 1 is 1.20 bits per heavy atom. The van der Waals surface area contributed by atoms with Gasteiger partial charge in [0.05, 0.1) is 0 Å². The number of rotatable bonds is 9. The van der Waals surface area contributed by atoms with Gasteiger partial charge in [0, 0.05) is 12.7 Å². The monoisotopic (exact) mass is 358 g/mol. The molecule has 0 saturated carbocycles. The second-order valence-corrected chi connectivity index (χ2v) is 5.78. The molecule has 1 rings (SSSR count). The maximum atomic E-state index is 13.7. The Labute approximate surface area is 146 Å². The summed E-state index contributed by atoms with van der Waals surface area (Å²) >= 11 is 0. The van der Waals surface area contributed by atoms with Crippen LogP contribution in [0.2, 0.25) is 0 Å². The first-order valence-corrected chi connectivity index (χ1v) is 8.34. The number of esters is 1. The van der Waals surface area contributed by atoms with Gasteiger partial charge >= 0.3 is 12.1 Å². The molecule has 1 aromatic rings. The van der Waals surface area contributed by atoms with Gasteiger partial charge < -0.3 is 9.47 Å². The zero-order valence-corrected chi connectivity index (χ0v) is 14.8. The lowest BCUT2D eigenvalue weighted by Crippen LogP contribution is -2.52. The van der Waals surface area contributed by atoms with Crippen LogP contribution in [0.5, 0.6) is 0 Å². The Hall–Kier alpha value is -1.82. The van der Waals surface area contributed by atoms with E-state index < -0.39 is 23.9 Å². The Bertz CT molecular complexity index is 555. The molecule has 1 unspecified atom stereocenters. The van der Waals surface area contributed by atoms with Crippen LogP contribution >= 0.6 is 0 Å². The van der Waals surface area contributed by atoms with Gasteiger partial charge in [0.15, 0.2) is 0 Å². The van der Waals surface area contributed by atoms with Gasteiger partial charge in [-0.15, -0.1) is 0 Å². The molecule has 0 aromatic heterocycles. The van der Waals surface area contributed by atoms with Crippen molar-refractivity contribution in [2.75, 3.05) is 7.11 Å². The molecule has 0 bridgehead atoms. The van der Waals surface area contributed by atoms with Gasteiger partial charge in [0.2, 0.25) is 0 Å². The number of carbonyl (C=O) groups is 1. The van der Waals surface area contributed by atoms with Crippen molar-refractivity contribution in [3.63, 3.8) is 0 Å². The van der Waals surface area contributed by atoms with Crippen molar-refractivity contribution < 1.29 is 27.4 Å². The molecule has 140 valence electrons. The van der Waals surface area contributed by atoms with Crippen LogP contribution in [0.15, 0.2) is 42.5 Å². The van der Waals surface area contributed by atoms with Gasteiger partial charge in [0.25, 0.3) is 5.60 Å². The molecule has 0 saturated heterocycles. The molecule has 0 aliphatic carbocycles. The van der Waals surface area contributed by atoms with Gasteiger partial charge in [-0.2, -0.15) is 13.2 Å². The fraction of sp³-hybridized carbons (Fsp3) is 0.526. The lowest BCUT2D eigenvalue weighted by molar-refractivity contribution is -0.277. The Balaban J connectivity index is 2.95. The second-order valence-electron chi connectivity index (χ2n) is 5.78. The summed E-state index contributed by atoms with van der Waals surface area (Å²) < 4.78 is 50.8. The molecule has 0 spiro atoms.